The number of anilines is 1. The number of ether oxygens (including phenoxy) is 1. The molecule has 3 rings (SSSR count). The second kappa shape index (κ2) is 5.53. The summed E-state index contributed by atoms with van der Waals surface area (Å²) in [5, 5.41) is 0. The minimum absolute atomic E-state index is 0.214. The van der Waals surface area contributed by atoms with Gasteiger partial charge >= 0.3 is 0 Å². The zero-order valence-corrected chi connectivity index (χ0v) is 11.5. The molecule has 1 heterocycles. The van der Waals surface area contributed by atoms with E-state index in [0.29, 0.717) is 0 Å². The van der Waals surface area contributed by atoms with Crippen molar-refractivity contribution in [1.82, 2.24) is 10.9 Å². The van der Waals surface area contributed by atoms with Crippen LogP contribution in [0.15, 0.2) is 48.5 Å². The van der Waals surface area contributed by atoms with E-state index < -0.39 is 0 Å². The minimum atomic E-state index is 0.214. The summed E-state index contributed by atoms with van der Waals surface area (Å²) >= 11 is 0. The highest BCUT2D eigenvalue weighted by Gasteiger charge is 2.28. The number of para-hydroxylation sites is 2. The maximum absolute atomic E-state index is 6.05. The van der Waals surface area contributed by atoms with Crippen molar-refractivity contribution in [3.8, 4) is 5.75 Å². The first-order chi connectivity index (χ1) is 9.79. The summed E-state index contributed by atoms with van der Waals surface area (Å²) < 4.78 is 5.43. The maximum atomic E-state index is 6.05. The zero-order chi connectivity index (χ0) is 13.9. The Labute approximate surface area is 118 Å². The Morgan fingerprint density at radius 2 is 1.55 bits per heavy atom. The monoisotopic (exact) mass is 269 g/mol. The predicted molar refractivity (Wildman–Crippen MR) is 80.2 cm³/mol. The van der Waals surface area contributed by atoms with Crippen molar-refractivity contribution < 1.29 is 4.74 Å². The van der Waals surface area contributed by atoms with Gasteiger partial charge in [-0.3, -0.25) is 0 Å². The van der Waals surface area contributed by atoms with E-state index in [2.05, 4.69) is 23.0 Å². The van der Waals surface area contributed by atoms with Gasteiger partial charge in [-0.25, -0.2) is 10.9 Å². The van der Waals surface area contributed by atoms with Gasteiger partial charge in [0, 0.05) is 11.3 Å². The number of hydrogen-bond donors (Lipinski definition) is 3. The van der Waals surface area contributed by atoms with Crippen molar-refractivity contribution in [3.05, 3.63) is 59.7 Å². The Balaban J connectivity index is 1.82. The Kier molecular flexibility index (Phi) is 3.58. The van der Waals surface area contributed by atoms with Crippen LogP contribution in [0.25, 0.3) is 0 Å². The summed E-state index contributed by atoms with van der Waals surface area (Å²) in [7, 11) is 1.70. The number of nitrogens with two attached hydrogens (primary N) is 1. The molecule has 2 atom stereocenters. The first-order valence-electron chi connectivity index (χ1n) is 6.78. The first-order valence-corrected chi connectivity index (χ1v) is 6.78. The van der Waals surface area contributed by atoms with Crippen LogP contribution in [0.5, 0.6) is 5.75 Å². The third kappa shape index (κ3) is 2.35. The smallest absolute Gasteiger partial charge is 0.123 e. The lowest BCUT2D eigenvalue weighted by atomic mass is 9.96. The van der Waals surface area contributed by atoms with Crippen LogP contribution in [0.1, 0.15) is 29.6 Å². The second-order valence-corrected chi connectivity index (χ2v) is 5.00. The van der Waals surface area contributed by atoms with Crippen molar-refractivity contribution in [2.24, 2.45) is 0 Å². The fraction of sp³-hybridized carbons (Fsp3) is 0.250. The van der Waals surface area contributed by atoms with Crippen molar-refractivity contribution >= 4 is 5.69 Å². The van der Waals surface area contributed by atoms with E-state index in [-0.39, 0.29) is 12.1 Å². The van der Waals surface area contributed by atoms with Gasteiger partial charge in [-0.1, -0.05) is 36.4 Å². The molecule has 4 nitrogen and oxygen atoms in total. The van der Waals surface area contributed by atoms with E-state index in [9.17, 15) is 0 Å². The number of nitrogen functional groups attached to an aromatic ring is 1. The van der Waals surface area contributed by atoms with Crippen LogP contribution < -0.4 is 21.3 Å². The molecule has 0 amide bonds. The maximum Gasteiger partial charge on any atom is 0.123 e. The normalized spacial score (nSPS) is 21.9. The van der Waals surface area contributed by atoms with Crippen molar-refractivity contribution in [2.45, 2.75) is 18.5 Å². The fourth-order valence-electron chi connectivity index (χ4n) is 2.75. The summed E-state index contributed by atoms with van der Waals surface area (Å²) in [6.45, 7) is 0. The molecule has 1 fully saturated rings. The van der Waals surface area contributed by atoms with Gasteiger partial charge in [0.1, 0.15) is 5.75 Å². The second-order valence-electron chi connectivity index (χ2n) is 5.00. The molecule has 2 unspecified atom stereocenters. The van der Waals surface area contributed by atoms with E-state index in [4.69, 9.17) is 10.5 Å². The highest BCUT2D eigenvalue weighted by Crippen LogP contribution is 2.36. The summed E-state index contributed by atoms with van der Waals surface area (Å²) in [4.78, 5) is 0. The number of nitrogens with one attached hydrogen (secondary N) is 2. The fourth-order valence-corrected chi connectivity index (χ4v) is 2.75. The van der Waals surface area contributed by atoms with E-state index in [1.807, 2.05) is 36.4 Å². The topological polar surface area (TPSA) is 59.3 Å². The van der Waals surface area contributed by atoms with Gasteiger partial charge in [0.05, 0.1) is 19.2 Å². The molecule has 1 saturated heterocycles. The lowest BCUT2D eigenvalue weighted by Gasteiger charge is -2.14. The Morgan fingerprint density at radius 3 is 2.25 bits per heavy atom. The number of methoxy groups -OCH3 is 1. The molecule has 20 heavy (non-hydrogen) atoms. The molecule has 2 aromatic carbocycles. The molecule has 0 radical (unpaired) electrons. The number of hydrogen-bond acceptors (Lipinski definition) is 4. The molecule has 0 aliphatic carbocycles. The van der Waals surface area contributed by atoms with E-state index in [1.165, 1.54) is 5.56 Å². The van der Waals surface area contributed by atoms with Gasteiger partial charge in [-0.2, -0.15) is 0 Å². The van der Waals surface area contributed by atoms with Gasteiger partial charge in [0.25, 0.3) is 0 Å². The lowest BCUT2D eigenvalue weighted by Crippen LogP contribution is -2.27. The van der Waals surface area contributed by atoms with Crippen LogP contribution >= 0.6 is 0 Å². The van der Waals surface area contributed by atoms with Crippen molar-refractivity contribution in [2.75, 3.05) is 12.8 Å². The highest BCUT2D eigenvalue weighted by atomic mass is 16.5. The van der Waals surface area contributed by atoms with Gasteiger partial charge in [0.15, 0.2) is 0 Å². The summed E-state index contributed by atoms with van der Waals surface area (Å²) in [5.41, 5.74) is 15.8. The Hall–Kier alpha value is -2.04. The van der Waals surface area contributed by atoms with E-state index in [0.717, 1.165) is 23.4 Å². The van der Waals surface area contributed by atoms with Crippen LogP contribution in [0, 0.1) is 0 Å². The number of benzene rings is 2. The average molecular weight is 269 g/mol. The molecule has 0 bridgehead atoms. The summed E-state index contributed by atoms with van der Waals surface area (Å²) in [5.74, 6) is 0.911. The van der Waals surface area contributed by atoms with Gasteiger partial charge in [0.2, 0.25) is 0 Å². The molecule has 0 spiro atoms. The molecular weight excluding hydrogens is 250 g/mol. The molecule has 2 aromatic rings. The molecule has 4 N–H and O–H groups in total. The molecule has 1 aliphatic rings. The van der Waals surface area contributed by atoms with Gasteiger partial charge in [-0.05, 0) is 24.1 Å². The molecule has 0 aromatic heterocycles. The van der Waals surface area contributed by atoms with Crippen LogP contribution in [0.2, 0.25) is 0 Å². The SMILES string of the molecule is COc1ccccc1C1CC(c2ccccc2N)NN1. The molecule has 0 saturated carbocycles. The van der Waals surface area contributed by atoms with Gasteiger partial charge < -0.3 is 10.5 Å². The lowest BCUT2D eigenvalue weighted by molar-refractivity contribution is 0.402. The zero-order valence-electron chi connectivity index (χ0n) is 11.5. The first kappa shape index (κ1) is 13.0. The summed E-state index contributed by atoms with van der Waals surface area (Å²) in [6.07, 6.45) is 0.939. The molecule has 104 valence electrons. The van der Waals surface area contributed by atoms with Gasteiger partial charge in [-0.15, -0.1) is 0 Å². The third-order valence-electron chi connectivity index (χ3n) is 3.79. The van der Waals surface area contributed by atoms with Crippen LogP contribution in [-0.4, -0.2) is 7.11 Å². The van der Waals surface area contributed by atoms with Crippen LogP contribution in [0.3, 0.4) is 0 Å². The van der Waals surface area contributed by atoms with Crippen LogP contribution in [-0.2, 0) is 0 Å². The Morgan fingerprint density at radius 1 is 0.950 bits per heavy atom. The third-order valence-corrected chi connectivity index (χ3v) is 3.79. The van der Waals surface area contributed by atoms with E-state index >= 15 is 0 Å². The molecule has 1 aliphatic heterocycles. The molecular formula is C16H19N3O. The largest absolute Gasteiger partial charge is 0.496 e. The Bertz CT molecular complexity index is 600. The predicted octanol–water partition coefficient (Wildman–Crippen LogP) is 2.56. The van der Waals surface area contributed by atoms with E-state index in [1.54, 1.807) is 7.11 Å². The van der Waals surface area contributed by atoms with Crippen LogP contribution in [0.4, 0.5) is 5.69 Å². The standard InChI is InChI=1S/C16H19N3O/c1-20-16-9-5-3-7-12(16)15-10-14(18-19-15)11-6-2-4-8-13(11)17/h2-9,14-15,18-19H,10,17H2,1H3. The minimum Gasteiger partial charge on any atom is -0.496 e. The summed E-state index contributed by atoms with van der Waals surface area (Å²) in [6, 6.07) is 16.5. The van der Waals surface area contributed by atoms with Crippen molar-refractivity contribution in [3.63, 3.8) is 0 Å². The number of hydrazine groups is 1. The quantitative estimate of drug-likeness (QED) is 0.750. The van der Waals surface area contributed by atoms with Crippen molar-refractivity contribution in [1.29, 1.82) is 0 Å². The molecule has 4 heteroatoms. The highest BCUT2D eigenvalue weighted by molar-refractivity contribution is 5.49. The average Bonchev–Trinajstić information content (AvgIpc) is 2.97. The number of rotatable bonds is 3.